The van der Waals surface area contributed by atoms with Crippen molar-refractivity contribution in [2.45, 2.75) is 26.8 Å². The van der Waals surface area contributed by atoms with Crippen LogP contribution < -0.4 is 16.0 Å². The molecule has 84 valence electrons. The standard InChI is InChI=1S/C11H19N3O/c1-11(2,3)9(14-12)8-6-5-7-13-10(8)15-4/h5-7,9,14H,12H2,1-4H3. The number of pyridine rings is 1. The van der Waals surface area contributed by atoms with Crippen LogP contribution in [-0.4, -0.2) is 12.1 Å². The zero-order valence-corrected chi connectivity index (χ0v) is 9.74. The first-order valence-electron chi connectivity index (χ1n) is 4.95. The third kappa shape index (κ3) is 2.67. The molecular formula is C11H19N3O. The highest BCUT2D eigenvalue weighted by Crippen LogP contribution is 2.35. The number of methoxy groups -OCH3 is 1. The zero-order chi connectivity index (χ0) is 11.5. The van der Waals surface area contributed by atoms with Gasteiger partial charge in [0.1, 0.15) is 0 Å². The fourth-order valence-electron chi connectivity index (χ4n) is 1.60. The van der Waals surface area contributed by atoms with Crippen LogP contribution in [-0.2, 0) is 0 Å². The van der Waals surface area contributed by atoms with E-state index in [1.807, 2.05) is 12.1 Å². The van der Waals surface area contributed by atoms with Gasteiger partial charge in [-0.1, -0.05) is 26.8 Å². The molecule has 4 heteroatoms. The monoisotopic (exact) mass is 209 g/mol. The summed E-state index contributed by atoms with van der Waals surface area (Å²) in [5, 5.41) is 0. The van der Waals surface area contributed by atoms with Crippen molar-refractivity contribution in [1.82, 2.24) is 10.4 Å². The fraction of sp³-hybridized carbons (Fsp3) is 0.545. The molecule has 0 saturated carbocycles. The number of hydrogen-bond acceptors (Lipinski definition) is 4. The molecule has 4 nitrogen and oxygen atoms in total. The van der Waals surface area contributed by atoms with Gasteiger partial charge in [0.25, 0.3) is 0 Å². The van der Waals surface area contributed by atoms with E-state index in [0.717, 1.165) is 5.56 Å². The van der Waals surface area contributed by atoms with E-state index in [2.05, 4.69) is 31.2 Å². The summed E-state index contributed by atoms with van der Waals surface area (Å²) in [5.41, 5.74) is 3.80. The molecule has 1 aromatic rings. The molecule has 0 radical (unpaired) electrons. The van der Waals surface area contributed by atoms with Crippen LogP contribution in [0.4, 0.5) is 0 Å². The number of aromatic nitrogens is 1. The van der Waals surface area contributed by atoms with Crippen molar-refractivity contribution in [3.05, 3.63) is 23.9 Å². The van der Waals surface area contributed by atoms with Crippen molar-refractivity contribution in [1.29, 1.82) is 0 Å². The van der Waals surface area contributed by atoms with E-state index in [4.69, 9.17) is 10.6 Å². The average Bonchev–Trinajstić information content (AvgIpc) is 2.17. The van der Waals surface area contributed by atoms with E-state index in [0.29, 0.717) is 5.88 Å². The molecule has 0 fully saturated rings. The Balaban J connectivity index is 3.12. The molecule has 1 aromatic heterocycles. The predicted octanol–water partition coefficient (Wildman–Crippen LogP) is 1.64. The van der Waals surface area contributed by atoms with Crippen molar-refractivity contribution in [3.63, 3.8) is 0 Å². The number of hydrazine groups is 1. The second-order valence-corrected chi connectivity index (χ2v) is 4.57. The lowest BCUT2D eigenvalue weighted by Crippen LogP contribution is -2.37. The van der Waals surface area contributed by atoms with E-state index >= 15 is 0 Å². The minimum Gasteiger partial charge on any atom is -0.481 e. The number of nitrogens with two attached hydrogens (primary N) is 1. The summed E-state index contributed by atoms with van der Waals surface area (Å²) in [4.78, 5) is 4.16. The number of rotatable bonds is 3. The quantitative estimate of drug-likeness (QED) is 0.587. The fourth-order valence-corrected chi connectivity index (χ4v) is 1.60. The van der Waals surface area contributed by atoms with E-state index in [-0.39, 0.29) is 11.5 Å². The first kappa shape index (κ1) is 11.9. The lowest BCUT2D eigenvalue weighted by atomic mass is 9.83. The first-order valence-corrected chi connectivity index (χ1v) is 4.95. The predicted molar refractivity (Wildman–Crippen MR) is 60.3 cm³/mol. The van der Waals surface area contributed by atoms with Crippen molar-refractivity contribution in [2.24, 2.45) is 11.3 Å². The van der Waals surface area contributed by atoms with Gasteiger partial charge < -0.3 is 4.74 Å². The second-order valence-electron chi connectivity index (χ2n) is 4.57. The number of hydrogen-bond donors (Lipinski definition) is 2. The molecule has 1 rings (SSSR count). The molecular weight excluding hydrogens is 190 g/mol. The van der Waals surface area contributed by atoms with Gasteiger partial charge in [0, 0.05) is 11.8 Å². The Bertz CT molecular complexity index is 320. The van der Waals surface area contributed by atoms with Crippen LogP contribution in [0.2, 0.25) is 0 Å². The van der Waals surface area contributed by atoms with Gasteiger partial charge in [0.15, 0.2) is 0 Å². The Morgan fingerprint density at radius 1 is 1.47 bits per heavy atom. The molecule has 3 N–H and O–H groups in total. The minimum atomic E-state index is 0.00502. The van der Waals surface area contributed by atoms with Crippen molar-refractivity contribution in [3.8, 4) is 5.88 Å². The SMILES string of the molecule is COc1ncccc1C(NN)C(C)(C)C. The maximum atomic E-state index is 5.58. The van der Waals surface area contributed by atoms with Crippen LogP contribution >= 0.6 is 0 Å². The molecule has 0 bridgehead atoms. The Morgan fingerprint density at radius 3 is 2.60 bits per heavy atom. The zero-order valence-electron chi connectivity index (χ0n) is 9.74. The average molecular weight is 209 g/mol. The molecule has 0 aliphatic carbocycles. The summed E-state index contributed by atoms with van der Waals surface area (Å²) < 4.78 is 5.22. The van der Waals surface area contributed by atoms with Crippen LogP contribution in [0, 0.1) is 5.41 Å². The minimum absolute atomic E-state index is 0.00502. The molecule has 0 aliphatic heterocycles. The van der Waals surface area contributed by atoms with E-state index in [9.17, 15) is 0 Å². The third-order valence-corrected chi connectivity index (χ3v) is 2.34. The highest BCUT2D eigenvalue weighted by molar-refractivity contribution is 5.30. The Morgan fingerprint density at radius 2 is 2.13 bits per heavy atom. The highest BCUT2D eigenvalue weighted by atomic mass is 16.5. The molecule has 0 aliphatic rings. The van der Waals surface area contributed by atoms with Gasteiger partial charge in [-0.25, -0.2) is 4.98 Å². The van der Waals surface area contributed by atoms with Crippen LogP contribution in [0.5, 0.6) is 5.88 Å². The largest absolute Gasteiger partial charge is 0.481 e. The summed E-state index contributed by atoms with van der Waals surface area (Å²) in [7, 11) is 1.61. The number of nitrogens with zero attached hydrogens (tertiary/aromatic N) is 1. The van der Waals surface area contributed by atoms with Gasteiger partial charge >= 0.3 is 0 Å². The number of ether oxygens (including phenoxy) is 1. The Labute approximate surface area is 90.8 Å². The molecule has 0 amide bonds. The van der Waals surface area contributed by atoms with Crippen LogP contribution in [0.1, 0.15) is 32.4 Å². The normalized spacial score (nSPS) is 13.7. The van der Waals surface area contributed by atoms with Gasteiger partial charge in [-0.15, -0.1) is 0 Å². The Hall–Kier alpha value is -1.13. The molecule has 0 saturated heterocycles. The summed E-state index contributed by atoms with van der Waals surface area (Å²) in [5.74, 6) is 6.20. The van der Waals surface area contributed by atoms with Crippen LogP contribution in [0.3, 0.4) is 0 Å². The van der Waals surface area contributed by atoms with Gasteiger partial charge in [-0.3, -0.25) is 11.3 Å². The summed E-state index contributed by atoms with van der Waals surface area (Å²) in [6.45, 7) is 6.35. The first-order chi connectivity index (χ1) is 7.00. The van der Waals surface area contributed by atoms with E-state index < -0.39 is 0 Å². The molecule has 0 aromatic carbocycles. The maximum Gasteiger partial charge on any atom is 0.217 e. The van der Waals surface area contributed by atoms with Gasteiger partial charge in [-0.05, 0) is 11.5 Å². The lowest BCUT2D eigenvalue weighted by molar-refractivity contribution is 0.265. The van der Waals surface area contributed by atoms with Gasteiger partial charge in [0.2, 0.25) is 5.88 Å². The third-order valence-electron chi connectivity index (χ3n) is 2.34. The highest BCUT2D eigenvalue weighted by Gasteiger charge is 2.27. The summed E-state index contributed by atoms with van der Waals surface area (Å²) in [6, 6.07) is 3.87. The van der Waals surface area contributed by atoms with Gasteiger partial charge in [-0.2, -0.15) is 0 Å². The van der Waals surface area contributed by atoms with E-state index in [1.54, 1.807) is 13.3 Å². The maximum absolute atomic E-state index is 5.58. The summed E-state index contributed by atoms with van der Waals surface area (Å²) in [6.07, 6.45) is 1.71. The lowest BCUT2D eigenvalue weighted by Gasteiger charge is -2.30. The van der Waals surface area contributed by atoms with Crippen LogP contribution in [0.15, 0.2) is 18.3 Å². The topological polar surface area (TPSA) is 60.2 Å². The van der Waals surface area contributed by atoms with Crippen LogP contribution in [0.25, 0.3) is 0 Å². The smallest absolute Gasteiger partial charge is 0.217 e. The van der Waals surface area contributed by atoms with Gasteiger partial charge in [0.05, 0.1) is 13.2 Å². The summed E-state index contributed by atoms with van der Waals surface area (Å²) >= 11 is 0. The number of nitrogens with one attached hydrogen (secondary N) is 1. The molecule has 1 unspecified atom stereocenters. The van der Waals surface area contributed by atoms with Crippen molar-refractivity contribution in [2.75, 3.05) is 7.11 Å². The van der Waals surface area contributed by atoms with Crippen molar-refractivity contribution >= 4 is 0 Å². The molecule has 0 spiro atoms. The second kappa shape index (κ2) is 4.59. The molecule has 1 atom stereocenters. The van der Waals surface area contributed by atoms with Crippen molar-refractivity contribution < 1.29 is 4.74 Å². The molecule has 15 heavy (non-hydrogen) atoms. The molecule has 1 heterocycles. The van der Waals surface area contributed by atoms with E-state index in [1.165, 1.54) is 0 Å². The Kier molecular flexibility index (Phi) is 3.66.